The highest BCUT2D eigenvalue weighted by atomic mass is 32.2. The fourth-order valence-electron chi connectivity index (χ4n) is 2.74. The fourth-order valence-corrected chi connectivity index (χ4v) is 4.08. The fraction of sp³-hybridized carbons (Fsp3) is 0.263. The summed E-state index contributed by atoms with van der Waals surface area (Å²) < 4.78 is 22.6. The third-order valence-electron chi connectivity index (χ3n) is 4.24. The first-order chi connectivity index (χ1) is 13.3. The molecule has 3 aromatic rings. The number of para-hydroxylation sites is 2. The average Bonchev–Trinajstić information content (AvgIpc) is 3.07. The Morgan fingerprint density at radius 3 is 2.61 bits per heavy atom. The monoisotopic (exact) mass is 418 g/mol. The molecule has 0 radical (unpaired) electrons. The third-order valence-corrected chi connectivity index (χ3v) is 6.13. The van der Waals surface area contributed by atoms with Crippen LogP contribution in [0.1, 0.15) is 31.4 Å². The number of carbonyl (C=O) groups excluding carboxylic acids is 1. The van der Waals surface area contributed by atoms with E-state index in [9.17, 15) is 13.2 Å². The number of nitrogens with zero attached hydrogens (tertiary/aromatic N) is 1. The van der Waals surface area contributed by atoms with Gasteiger partial charge < -0.3 is 10.3 Å². The molecule has 9 heteroatoms. The Kier molecular flexibility index (Phi) is 6.38. The van der Waals surface area contributed by atoms with Gasteiger partial charge >= 0.3 is 0 Å². The van der Waals surface area contributed by atoms with E-state index in [1.165, 1.54) is 12.1 Å². The second-order valence-corrected chi connectivity index (χ2v) is 9.06. The van der Waals surface area contributed by atoms with Crippen LogP contribution in [-0.2, 0) is 14.8 Å². The number of aromatic amines is 1. The van der Waals surface area contributed by atoms with Crippen molar-refractivity contribution >= 4 is 38.7 Å². The molecule has 0 bridgehead atoms. The molecule has 0 aliphatic rings. The number of amides is 1. The van der Waals surface area contributed by atoms with Gasteiger partial charge in [-0.05, 0) is 43.2 Å². The van der Waals surface area contributed by atoms with E-state index >= 15 is 0 Å². The number of carbonyl (C=O) groups is 1. The number of sulfonamides is 1. The lowest BCUT2D eigenvalue weighted by molar-refractivity contribution is -0.121. The van der Waals surface area contributed by atoms with Crippen molar-refractivity contribution in [1.82, 2.24) is 15.3 Å². The predicted octanol–water partition coefficient (Wildman–Crippen LogP) is 2.96. The van der Waals surface area contributed by atoms with E-state index < -0.39 is 10.0 Å². The predicted molar refractivity (Wildman–Crippen MR) is 110 cm³/mol. The van der Waals surface area contributed by atoms with Crippen molar-refractivity contribution in [2.45, 2.75) is 35.9 Å². The zero-order chi connectivity index (χ0) is 20.1. The van der Waals surface area contributed by atoms with E-state index in [0.29, 0.717) is 6.42 Å². The summed E-state index contributed by atoms with van der Waals surface area (Å²) in [5, 5.41) is 8.86. The first-order valence-electron chi connectivity index (χ1n) is 8.82. The normalized spacial score (nSPS) is 12.8. The number of nitrogens with two attached hydrogens (primary N) is 1. The van der Waals surface area contributed by atoms with Gasteiger partial charge in [-0.15, -0.1) is 0 Å². The highest BCUT2D eigenvalue weighted by molar-refractivity contribution is 7.99. The van der Waals surface area contributed by atoms with Gasteiger partial charge in [0.15, 0.2) is 5.16 Å². The number of benzene rings is 2. The number of nitrogens with one attached hydrogen (secondary N) is 2. The minimum atomic E-state index is -3.71. The molecule has 1 aromatic heterocycles. The molecule has 3 rings (SSSR count). The van der Waals surface area contributed by atoms with Crippen LogP contribution in [0.4, 0.5) is 0 Å². The van der Waals surface area contributed by atoms with Gasteiger partial charge in [-0.1, -0.05) is 36.0 Å². The van der Waals surface area contributed by atoms with E-state index in [0.717, 1.165) is 33.9 Å². The van der Waals surface area contributed by atoms with Crippen LogP contribution in [0.5, 0.6) is 0 Å². The van der Waals surface area contributed by atoms with Crippen LogP contribution in [0, 0.1) is 0 Å². The van der Waals surface area contributed by atoms with Crippen molar-refractivity contribution in [2.75, 3.05) is 5.75 Å². The van der Waals surface area contributed by atoms with Gasteiger partial charge in [0.05, 0.1) is 22.0 Å². The largest absolute Gasteiger partial charge is 0.350 e. The van der Waals surface area contributed by atoms with E-state index in [1.807, 2.05) is 31.2 Å². The molecule has 7 nitrogen and oxygen atoms in total. The number of hydrogen-bond donors (Lipinski definition) is 3. The summed E-state index contributed by atoms with van der Waals surface area (Å²) in [6.07, 6.45) is 1.14. The van der Waals surface area contributed by atoms with Crippen LogP contribution in [-0.4, -0.2) is 30.0 Å². The molecule has 0 fully saturated rings. The number of aromatic nitrogens is 2. The first kappa shape index (κ1) is 20.4. The Morgan fingerprint density at radius 1 is 1.21 bits per heavy atom. The van der Waals surface area contributed by atoms with Crippen molar-refractivity contribution in [3.8, 4) is 0 Å². The molecule has 1 heterocycles. The summed E-state index contributed by atoms with van der Waals surface area (Å²) in [4.78, 5) is 19.9. The van der Waals surface area contributed by atoms with Crippen molar-refractivity contribution in [2.24, 2.45) is 5.14 Å². The Labute approximate surface area is 168 Å². The lowest BCUT2D eigenvalue weighted by Crippen LogP contribution is -2.26. The molecular formula is C19H22N4O3S2. The van der Waals surface area contributed by atoms with Crippen LogP contribution in [0.25, 0.3) is 11.0 Å². The Morgan fingerprint density at radius 2 is 1.93 bits per heavy atom. The molecule has 0 aliphatic heterocycles. The molecule has 0 spiro atoms. The summed E-state index contributed by atoms with van der Waals surface area (Å²) >= 11 is 1.59. The van der Waals surface area contributed by atoms with Gasteiger partial charge in [0.25, 0.3) is 0 Å². The highest BCUT2D eigenvalue weighted by Gasteiger charge is 2.12. The zero-order valence-electron chi connectivity index (χ0n) is 15.4. The van der Waals surface area contributed by atoms with Crippen molar-refractivity contribution in [3.63, 3.8) is 0 Å². The maximum Gasteiger partial charge on any atom is 0.238 e. The summed E-state index contributed by atoms with van der Waals surface area (Å²) in [6, 6.07) is 13.8. The summed E-state index contributed by atoms with van der Waals surface area (Å²) in [6.45, 7) is 1.85. The molecule has 1 atom stereocenters. The van der Waals surface area contributed by atoms with Gasteiger partial charge in [0.2, 0.25) is 15.9 Å². The Hall–Kier alpha value is -2.36. The maximum atomic E-state index is 12.1. The summed E-state index contributed by atoms with van der Waals surface area (Å²) in [7, 11) is -3.71. The van der Waals surface area contributed by atoms with E-state index in [2.05, 4.69) is 15.3 Å². The van der Waals surface area contributed by atoms with Crippen LogP contribution in [0.2, 0.25) is 0 Å². The minimum Gasteiger partial charge on any atom is -0.350 e. The van der Waals surface area contributed by atoms with Crippen LogP contribution in [0.15, 0.2) is 58.6 Å². The van der Waals surface area contributed by atoms with E-state index in [1.54, 1.807) is 23.9 Å². The number of imidazole rings is 1. The molecule has 0 aliphatic carbocycles. The average molecular weight is 419 g/mol. The molecular weight excluding hydrogens is 396 g/mol. The minimum absolute atomic E-state index is 0.0479. The molecule has 1 amide bonds. The maximum absolute atomic E-state index is 12.1. The van der Waals surface area contributed by atoms with Crippen LogP contribution < -0.4 is 10.5 Å². The highest BCUT2D eigenvalue weighted by Crippen LogP contribution is 2.20. The second-order valence-electron chi connectivity index (χ2n) is 6.41. The molecule has 0 unspecified atom stereocenters. The Balaban J connectivity index is 1.43. The van der Waals surface area contributed by atoms with Gasteiger partial charge in [-0.3, -0.25) is 4.79 Å². The summed E-state index contributed by atoms with van der Waals surface area (Å²) in [5.41, 5.74) is 2.76. The van der Waals surface area contributed by atoms with Gasteiger partial charge in [-0.2, -0.15) is 0 Å². The number of primary sulfonamides is 1. The Bertz CT molecular complexity index is 1030. The number of thioether (sulfide) groups is 1. The standard InChI is InChI=1S/C19H22N4O3S2/c1-13(14-8-10-15(11-9-14)28(20,25)26)21-18(24)7-4-12-27-19-22-16-5-2-3-6-17(16)23-19/h2-3,5-6,8-11,13H,4,7,12H2,1H3,(H,21,24)(H,22,23)(H2,20,25,26)/t13-/m0/s1. The van der Waals surface area contributed by atoms with Gasteiger partial charge in [-0.25, -0.2) is 18.5 Å². The SMILES string of the molecule is C[C@H](NC(=O)CCCSc1nc2ccccc2[nH]1)c1ccc(S(N)(=O)=O)cc1. The van der Waals surface area contributed by atoms with E-state index in [-0.39, 0.29) is 16.8 Å². The van der Waals surface area contributed by atoms with Gasteiger partial charge in [0, 0.05) is 12.2 Å². The lowest BCUT2D eigenvalue weighted by atomic mass is 10.1. The van der Waals surface area contributed by atoms with Crippen molar-refractivity contribution < 1.29 is 13.2 Å². The number of hydrogen-bond acceptors (Lipinski definition) is 5. The molecule has 4 N–H and O–H groups in total. The van der Waals surface area contributed by atoms with Crippen molar-refractivity contribution in [3.05, 3.63) is 54.1 Å². The van der Waals surface area contributed by atoms with Crippen LogP contribution in [0.3, 0.4) is 0 Å². The number of fused-ring (bicyclic) bond motifs is 1. The van der Waals surface area contributed by atoms with Crippen molar-refractivity contribution in [1.29, 1.82) is 0 Å². The molecule has 0 saturated carbocycles. The topological polar surface area (TPSA) is 118 Å². The smallest absolute Gasteiger partial charge is 0.238 e. The number of H-pyrrole nitrogens is 1. The molecule has 28 heavy (non-hydrogen) atoms. The third kappa shape index (κ3) is 5.34. The second kappa shape index (κ2) is 8.76. The molecule has 148 valence electrons. The zero-order valence-corrected chi connectivity index (χ0v) is 17.0. The van der Waals surface area contributed by atoms with Gasteiger partial charge in [0.1, 0.15) is 0 Å². The first-order valence-corrected chi connectivity index (χ1v) is 11.4. The van der Waals surface area contributed by atoms with Crippen LogP contribution >= 0.6 is 11.8 Å². The lowest BCUT2D eigenvalue weighted by Gasteiger charge is -2.14. The quantitative estimate of drug-likeness (QED) is 0.384. The molecule has 0 saturated heterocycles. The summed E-state index contributed by atoms with van der Waals surface area (Å²) in [5.74, 6) is 0.734. The number of rotatable bonds is 8. The molecule has 2 aromatic carbocycles. The van der Waals surface area contributed by atoms with E-state index in [4.69, 9.17) is 5.14 Å².